The molecule has 17 heavy (non-hydrogen) atoms. The van der Waals surface area contributed by atoms with Crippen LogP contribution in [0, 0.1) is 11.8 Å². The minimum atomic E-state index is -0.238. The number of likely N-dealkylation sites (N-methyl/N-ethyl adjacent to an activating group) is 1. The molecule has 0 rings (SSSR count). The van der Waals surface area contributed by atoms with Gasteiger partial charge in [0.2, 0.25) is 0 Å². The first-order chi connectivity index (χ1) is 7.90. The SMILES string of the molecule is CNC(CN(CC(C)C)CC(C)C)C(=O)OC. The molecular formula is C13H28N2O2. The normalized spacial score (nSPS) is 13.5. The van der Waals surface area contributed by atoms with Crippen molar-refractivity contribution in [2.24, 2.45) is 11.8 Å². The van der Waals surface area contributed by atoms with Gasteiger partial charge in [0.15, 0.2) is 0 Å². The number of methoxy groups -OCH3 is 1. The third kappa shape index (κ3) is 7.34. The first-order valence-electron chi connectivity index (χ1n) is 6.38. The van der Waals surface area contributed by atoms with Crippen molar-refractivity contribution in [3.63, 3.8) is 0 Å². The van der Waals surface area contributed by atoms with Crippen molar-refractivity contribution in [2.45, 2.75) is 33.7 Å². The highest BCUT2D eigenvalue weighted by atomic mass is 16.5. The Bertz CT molecular complexity index is 207. The van der Waals surface area contributed by atoms with Crippen LogP contribution in [0.5, 0.6) is 0 Å². The molecule has 0 aliphatic carbocycles. The average molecular weight is 244 g/mol. The van der Waals surface area contributed by atoms with Crippen LogP contribution >= 0.6 is 0 Å². The van der Waals surface area contributed by atoms with Gasteiger partial charge in [-0.1, -0.05) is 27.7 Å². The highest BCUT2D eigenvalue weighted by Crippen LogP contribution is 2.05. The molecule has 0 aromatic heterocycles. The van der Waals surface area contributed by atoms with Gasteiger partial charge < -0.3 is 15.0 Å². The zero-order chi connectivity index (χ0) is 13.4. The predicted molar refractivity (Wildman–Crippen MR) is 71.0 cm³/mol. The molecule has 0 fully saturated rings. The van der Waals surface area contributed by atoms with E-state index in [1.54, 1.807) is 7.05 Å². The van der Waals surface area contributed by atoms with Gasteiger partial charge in [-0.2, -0.15) is 0 Å². The molecule has 0 aliphatic heterocycles. The van der Waals surface area contributed by atoms with Crippen LogP contribution in [0.25, 0.3) is 0 Å². The molecule has 0 aromatic carbocycles. The Labute approximate surface area is 106 Å². The van der Waals surface area contributed by atoms with Crippen molar-refractivity contribution in [1.82, 2.24) is 10.2 Å². The number of nitrogens with one attached hydrogen (secondary N) is 1. The van der Waals surface area contributed by atoms with Gasteiger partial charge >= 0.3 is 5.97 Å². The van der Waals surface area contributed by atoms with Crippen molar-refractivity contribution in [3.05, 3.63) is 0 Å². The molecule has 0 saturated heterocycles. The maximum absolute atomic E-state index is 11.5. The van der Waals surface area contributed by atoms with E-state index in [-0.39, 0.29) is 12.0 Å². The van der Waals surface area contributed by atoms with Crippen LogP contribution in [0.2, 0.25) is 0 Å². The maximum Gasteiger partial charge on any atom is 0.324 e. The predicted octanol–water partition coefficient (Wildman–Crippen LogP) is 1.36. The van der Waals surface area contributed by atoms with E-state index in [9.17, 15) is 4.79 Å². The molecule has 0 amide bonds. The maximum atomic E-state index is 11.5. The number of rotatable bonds is 8. The smallest absolute Gasteiger partial charge is 0.324 e. The van der Waals surface area contributed by atoms with Gasteiger partial charge in [0.1, 0.15) is 6.04 Å². The summed E-state index contributed by atoms with van der Waals surface area (Å²) in [7, 11) is 3.23. The standard InChI is InChI=1S/C13H28N2O2/c1-10(2)7-15(8-11(3)4)9-12(14-5)13(16)17-6/h10-12,14H,7-9H2,1-6H3. The monoisotopic (exact) mass is 244 g/mol. The summed E-state index contributed by atoms with van der Waals surface area (Å²) < 4.78 is 4.79. The van der Waals surface area contributed by atoms with Crippen molar-refractivity contribution in [2.75, 3.05) is 33.8 Å². The Kier molecular flexibility index (Phi) is 8.17. The quantitative estimate of drug-likeness (QED) is 0.655. The molecule has 102 valence electrons. The summed E-state index contributed by atoms with van der Waals surface area (Å²) in [6.45, 7) is 11.5. The molecule has 0 bridgehead atoms. The lowest BCUT2D eigenvalue weighted by Gasteiger charge is -2.29. The Morgan fingerprint density at radius 2 is 1.59 bits per heavy atom. The van der Waals surface area contributed by atoms with Crippen molar-refractivity contribution >= 4 is 5.97 Å². The zero-order valence-corrected chi connectivity index (χ0v) is 12.1. The first-order valence-corrected chi connectivity index (χ1v) is 6.38. The summed E-state index contributed by atoms with van der Waals surface area (Å²) >= 11 is 0. The second-order valence-electron chi connectivity index (χ2n) is 5.37. The van der Waals surface area contributed by atoms with Gasteiger partial charge in [0, 0.05) is 19.6 Å². The molecule has 0 radical (unpaired) electrons. The van der Waals surface area contributed by atoms with Gasteiger partial charge in [-0.15, -0.1) is 0 Å². The van der Waals surface area contributed by atoms with Crippen LogP contribution in [-0.4, -0.2) is 50.7 Å². The fourth-order valence-electron chi connectivity index (χ4n) is 1.94. The summed E-state index contributed by atoms with van der Waals surface area (Å²) in [5, 5.41) is 3.01. The van der Waals surface area contributed by atoms with Crippen LogP contribution in [0.15, 0.2) is 0 Å². The molecule has 4 nitrogen and oxygen atoms in total. The lowest BCUT2D eigenvalue weighted by atomic mass is 10.1. The van der Waals surface area contributed by atoms with Crippen molar-refractivity contribution < 1.29 is 9.53 Å². The van der Waals surface area contributed by atoms with Crippen LogP contribution in [0.1, 0.15) is 27.7 Å². The number of esters is 1. The van der Waals surface area contributed by atoms with E-state index in [1.807, 2.05) is 0 Å². The lowest BCUT2D eigenvalue weighted by Crippen LogP contribution is -2.47. The van der Waals surface area contributed by atoms with E-state index >= 15 is 0 Å². The summed E-state index contributed by atoms with van der Waals surface area (Å²) in [5.41, 5.74) is 0. The van der Waals surface area contributed by atoms with E-state index in [0.29, 0.717) is 18.4 Å². The van der Waals surface area contributed by atoms with E-state index in [4.69, 9.17) is 4.74 Å². The van der Waals surface area contributed by atoms with E-state index in [2.05, 4.69) is 37.9 Å². The lowest BCUT2D eigenvalue weighted by molar-refractivity contribution is -0.143. The van der Waals surface area contributed by atoms with Crippen LogP contribution < -0.4 is 5.32 Å². The number of ether oxygens (including phenoxy) is 1. The van der Waals surface area contributed by atoms with Crippen LogP contribution in [0.3, 0.4) is 0 Å². The van der Waals surface area contributed by atoms with Crippen molar-refractivity contribution in [1.29, 1.82) is 0 Å². The Morgan fingerprint density at radius 3 is 1.88 bits per heavy atom. The number of carbonyl (C=O) groups is 1. The van der Waals surface area contributed by atoms with Crippen LogP contribution in [-0.2, 0) is 9.53 Å². The van der Waals surface area contributed by atoms with Gasteiger partial charge in [-0.25, -0.2) is 0 Å². The Hall–Kier alpha value is -0.610. The summed E-state index contributed by atoms with van der Waals surface area (Å²) in [6.07, 6.45) is 0. The topological polar surface area (TPSA) is 41.6 Å². The fourth-order valence-corrected chi connectivity index (χ4v) is 1.94. The number of hydrogen-bond acceptors (Lipinski definition) is 4. The molecule has 1 N–H and O–H groups in total. The molecule has 0 aliphatic rings. The summed E-state index contributed by atoms with van der Waals surface area (Å²) in [4.78, 5) is 13.9. The van der Waals surface area contributed by atoms with Crippen molar-refractivity contribution in [3.8, 4) is 0 Å². The Morgan fingerprint density at radius 1 is 1.12 bits per heavy atom. The largest absolute Gasteiger partial charge is 0.468 e. The molecular weight excluding hydrogens is 216 g/mol. The number of hydrogen-bond donors (Lipinski definition) is 1. The fraction of sp³-hybridized carbons (Fsp3) is 0.923. The van der Waals surface area contributed by atoms with Gasteiger partial charge in [-0.3, -0.25) is 4.79 Å². The van der Waals surface area contributed by atoms with E-state index < -0.39 is 0 Å². The minimum Gasteiger partial charge on any atom is -0.468 e. The second-order valence-corrected chi connectivity index (χ2v) is 5.37. The molecule has 1 unspecified atom stereocenters. The van der Waals surface area contributed by atoms with Gasteiger partial charge in [0.05, 0.1) is 7.11 Å². The average Bonchev–Trinajstić information content (AvgIpc) is 2.22. The number of nitrogens with zero attached hydrogens (tertiary/aromatic N) is 1. The van der Waals surface area contributed by atoms with Gasteiger partial charge in [-0.05, 0) is 18.9 Å². The molecule has 0 saturated carbocycles. The zero-order valence-electron chi connectivity index (χ0n) is 12.1. The molecule has 0 aromatic rings. The first kappa shape index (κ1) is 16.4. The Balaban J connectivity index is 4.42. The molecule has 0 spiro atoms. The molecule has 4 heteroatoms. The van der Waals surface area contributed by atoms with E-state index in [0.717, 1.165) is 13.1 Å². The highest BCUT2D eigenvalue weighted by Gasteiger charge is 2.21. The minimum absolute atomic E-state index is 0.190. The third-order valence-electron chi connectivity index (χ3n) is 2.52. The number of carbonyl (C=O) groups excluding carboxylic acids is 1. The molecule has 1 atom stereocenters. The highest BCUT2D eigenvalue weighted by molar-refractivity contribution is 5.75. The van der Waals surface area contributed by atoms with E-state index in [1.165, 1.54) is 7.11 Å². The van der Waals surface area contributed by atoms with Crippen LogP contribution in [0.4, 0.5) is 0 Å². The molecule has 0 heterocycles. The summed E-state index contributed by atoms with van der Waals surface area (Å²) in [5.74, 6) is 1.01. The van der Waals surface area contributed by atoms with Gasteiger partial charge in [0.25, 0.3) is 0 Å². The summed E-state index contributed by atoms with van der Waals surface area (Å²) in [6, 6.07) is -0.238. The third-order valence-corrected chi connectivity index (χ3v) is 2.52. The second kappa shape index (κ2) is 8.48.